The van der Waals surface area contributed by atoms with E-state index in [0.29, 0.717) is 12.1 Å². The van der Waals surface area contributed by atoms with Crippen LogP contribution in [0.1, 0.15) is 59.8 Å². The summed E-state index contributed by atoms with van der Waals surface area (Å²) in [6, 6.07) is 0.819. The zero-order valence-corrected chi connectivity index (χ0v) is 14.2. The Morgan fingerprint density at radius 3 is 2.29 bits per heavy atom. The summed E-state index contributed by atoms with van der Waals surface area (Å²) >= 11 is 0. The summed E-state index contributed by atoms with van der Waals surface area (Å²) in [6.45, 7) is 11.2. The molecule has 1 heterocycles. The maximum absolute atomic E-state index is 12.0. The molecule has 0 aromatic rings. The number of hydrogen-bond acceptors (Lipinski definition) is 3. The lowest BCUT2D eigenvalue weighted by Gasteiger charge is -2.38. The molecule has 122 valence electrons. The summed E-state index contributed by atoms with van der Waals surface area (Å²) in [5.74, 6) is 1.50. The van der Waals surface area contributed by atoms with Crippen LogP contribution in [0.4, 0.5) is 0 Å². The predicted octanol–water partition coefficient (Wildman–Crippen LogP) is 2.13. The minimum Gasteiger partial charge on any atom is -0.368 e. The van der Waals surface area contributed by atoms with E-state index in [0.717, 1.165) is 31.1 Å². The van der Waals surface area contributed by atoms with Gasteiger partial charge in [-0.25, -0.2) is 0 Å². The third-order valence-corrected chi connectivity index (χ3v) is 5.56. The first kappa shape index (κ1) is 16.8. The second-order valence-corrected chi connectivity index (χ2v) is 7.76. The van der Waals surface area contributed by atoms with Gasteiger partial charge in [0.2, 0.25) is 5.91 Å². The summed E-state index contributed by atoms with van der Waals surface area (Å²) in [5.41, 5.74) is 5.24. The van der Waals surface area contributed by atoms with Crippen LogP contribution in [0.2, 0.25) is 0 Å². The summed E-state index contributed by atoms with van der Waals surface area (Å²) < 4.78 is 0. The van der Waals surface area contributed by atoms with E-state index in [2.05, 4.69) is 37.9 Å². The fraction of sp³-hybridized carbons (Fsp3) is 0.941. The topological polar surface area (TPSA) is 58.4 Å². The number of piperidine rings is 1. The molecule has 0 radical (unpaired) electrons. The van der Waals surface area contributed by atoms with Crippen molar-refractivity contribution in [3.05, 3.63) is 0 Å². The normalized spacial score (nSPS) is 32.2. The van der Waals surface area contributed by atoms with Gasteiger partial charge in [0.15, 0.2) is 0 Å². The average Bonchev–Trinajstić information content (AvgIpc) is 2.83. The molecule has 2 unspecified atom stereocenters. The van der Waals surface area contributed by atoms with Gasteiger partial charge in [0.05, 0.1) is 5.54 Å². The zero-order valence-electron chi connectivity index (χ0n) is 14.2. The van der Waals surface area contributed by atoms with Crippen LogP contribution < -0.4 is 11.1 Å². The van der Waals surface area contributed by atoms with Gasteiger partial charge in [-0.15, -0.1) is 0 Å². The number of likely N-dealkylation sites (tertiary alicyclic amines) is 1. The van der Waals surface area contributed by atoms with Crippen molar-refractivity contribution in [2.45, 2.75) is 77.4 Å². The lowest BCUT2D eigenvalue weighted by molar-refractivity contribution is -0.124. The zero-order chi connectivity index (χ0) is 15.6. The van der Waals surface area contributed by atoms with Crippen molar-refractivity contribution >= 4 is 5.91 Å². The maximum Gasteiger partial charge on any atom is 0.237 e. The number of nitrogens with two attached hydrogens (primary N) is 1. The molecular formula is C17H33N3O. The summed E-state index contributed by atoms with van der Waals surface area (Å²) in [4.78, 5) is 14.6. The first-order valence-corrected chi connectivity index (χ1v) is 8.65. The molecule has 21 heavy (non-hydrogen) atoms. The minimum atomic E-state index is -0.478. The van der Waals surface area contributed by atoms with Gasteiger partial charge in [-0.2, -0.15) is 0 Å². The lowest BCUT2D eigenvalue weighted by atomic mass is 9.86. The molecule has 1 aliphatic carbocycles. The van der Waals surface area contributed by atoms with Crippen molar-refractivity contribution in [1.29, 1.82) is 0 Å². The smallest absolute Gasteiger partial charge is 0.237 e. The highest BCUT2D eigenvalue weighted by Crippen LogP contribution is 2.36. The SMILES string of the molecule is CC(C)NC1(C(N)=O)CCC(N2CCC(C(C)C)CC2)C1. The van der Waals surface area contributed by atoms with Crippen molar-refractivity contribution in [1.82, 2.24) is 10.2 Å². The highest BCUT2D eigenvalue weighted by Gasteiger charge is 2.46. The molecule has 0 bridgehead atoms. The number of carbonyl (C=O) groups excluding carboxylic acids is 1. The number of nitrogens with one attached hydrogen (secondary N) is 1. The van der Waals surface area contributed by atoms with E-state index in [1.807, 2.05) is 0 Å². The molecule has 1 aliphatic heterocycles. The molecule has 4 nitrogen and oxygen atoms in total. The lowest BCUT2D eigenvalue weighted by Crippen LogP contribution is -2.57. The van der Waals surface area contributed by atoms with Gasteiger partial charge >= 0.3 is 0 Å². The van der Waals surface area contributed by atoms with Gasteiger partial charge in [-0.1, -0.05) is 13.8 Å². The fourth-order valence-corrected chi connectivity index (χ4v) is 4.26. The summed E-state index contributed by atoms with van der Waals surface area (Å²) in [7, 11) is 0. The molecule has 1 amide bonds. The molecule has 2 atom stereocenters. The molecular weight excluding hydrogens is 262 g/mol. The highest BCUT2D eigenvalue weighted by molar-refractivity contribution is 5.85. The van der Waals surface area contributed by atoms with Crippen LogP contribution in [-0.4, -0.2) is 41.5 Å². The van der Waals surface area contributed by atoms with Crippen LogP contribution in [0, 0.1) is 11.8 Å². The molecule has 0 aromatic carbocycles. The Kier molecular flexibility index (Phi) is 5.31. The van der Waals surface area contributed by atoms with Crippen LogP contribution >= 0.6 is 0 Å². The Bertz CT molecular complexity index is 361. The van der Waals surface area contributed by atoms with Gasteiger partial charge < -0.3 is 16.0 Å². The first-order chi connectivity index (χ1) is 9.84. The summed E-state index contributed by atoms with van der Waals surface area (Å²) in [5, 5.41) is 3.45. The molecule has 0 spiro atoms. The number of nitrogens with zero attached hydrogens (tertiary/aromatic N) is 1. The standard InChI is InChI=1S/C17H33N3O/c1-12(2)14-6-9-20(10-7-14)15-5-8-17(11-15,16(18)21)19-13(3)4/h12-15,19H,5-11H2,1-4H3,(H2,18,21). The molecule has 4 heteroatoms. The fourth-order valence-electron chi connectivity index (χ4n) is 4.26. The molecule has 1 saturated carbocycles. The molecule has 0 aromatic heterocycles. The quantitative estimate of drug-likeness (QED) is 0.817. The van der Waals surface area contributed by atoms with Crippen molar-refractivity contribution in [3.8, 4) is 0 Å². The number of rotatable bonds is 5. The van der Waals surface area contributed by atoms with E-state index < -0.39 is 5.54 Å². The van der Waals surface area contributed by atoms with Gasteiger partial charge in [0.1, 0.15) is 0 Å². The van der Waals surface area contributed by atoms with Gasteiger partial charge in [0.25, 0.3) is 0 Å². The second kappa shape index (κ2) is 6.66. The van der Waals surface area contributed by atoms with E-state index in [-0.39, 0.29) is 5.91 Å². The van der Waals surface area contributed by atoms with Crippen molar-refractivity contribution < 1.29 is 4.79 Å². The van der Waals surface area contributed by atoms with E-state index in [1.54, 1.807) is 0 Å². The number of amides is 1. The Morgan fingerprint density at radius 1 is 1.19 bits per heavy atom. The third-order valence-electron chi connectivity index (χ3n) is 5.56. The Hall–Kier alpha value is -0.610. The first-order valence-electron chi connectivity index (χ1n) is 8.65. The van der Waals surface area contributed by atoms with Crippen molar-refractivity contribution in [2.75, 3.05) is 13.1 Å². The minimum absolute atomic E-state index is 0.171. The van der Waals surface area contributed by atoms with Crippen LogP contribution in [-0.2, 0) is 4.79 Å². The number of primary amides is 1. The van der Waals surface area contributed by atoms with Gasteiger partial charge in [-0.3, -0.25) is 4.79 Å². The van der Waals surface area contributed by atoms with Crippen LogP contribution in [0.3, 0.4) is 0 Å². The van der Waals surface area contributed by atoms with E-state index in [1.165, 1.54) is 25.9 Å². The van der Waals surface area contributed by atoms with Crippen molar-refractivity contribution in [3.63, 3.8) is 0 Å². The third kappa shape index (κ3) is 3.78. The average molecular weight is 295 g/mol. The Morgan fingerprint density at radius 2 is 1.81 bits per heavy atom. The molecule has 1 saturated heterocycles. The maximum atomic E-state index is 12.0. The molecule has 3 N–H and O–H groups in total. The number of hydrogen-bond donors (Lipinski definition) is 2. The van der Waals surface area contributed by atoms with E-state index in [9.17, 15) is 4.79 Å². The van der Waals surface area contributed by atoms with Crippen LogP contribution in [0.25, 0.3) is 0 Å². The van der Waals surface area contributed by atoms with Crippen LogP contribution in [0.15, 0.2) is 0 Å². The molecule has 2 aliphatic rings. The second-order valence-electron chi connectivity index (χ2n) is 7.76. The molecule has 2 rings (SSSR count). The highest BCUT2D eigenvalue weighted by atomic mass is 16.1. The van der Waals surface area contributed by atoms with E-state index in [4.69, 9.17) is 5.73 Å². The number of carbonyl (C=O) groups is 1. The van der Waals surface area contributed by atoms with Gasteiger partial charge in [0, 0.05) is 12.1 Å². The Balaban J connectivity index is 1.94. The van der Waals surface area contributed by atoms with Crippen LogP contribution in [0.5, 0.6) is 0 Å². The largest absolute Gasteiger partial charge is 0.368 e. The van der Waals surface area contributed by atoms with Crippen molar-refractivity contribution in [2.24, 2.45) is 17.6 Å². The Labute approximate surface area is 129 Å². The van der Waals surface area contributed by atoms with Gasteiger partial charge in [-0.05, 0) is 70.9 Å². The predicted molar refractivity (Wildman–Crippen MR) is 87.0 cm³/mol. The monoisotopic (exact) mass is 295 g/mol. The molecule has 2 fully saturated rings. The van der Waals surface area contributed by atoms with E-state index >= 15 is 0 Å². The summed E-state index contributed by atoms with van der Waals surface area (Å²) in [6.07, 6.45) is 5.46.